The number of ether oxygens (including phenoxy) is 2. The van der Waals surface area contributed by atoms with E-state index in [2.05, 4.69) is 15.0 Å². The van der Waals surface area contributed by atoms with E-state index in [1.807, 2.05) is 0 Å². The fraction of sp³-hybridized carbons (Fsp3) is 0.0833. The Bertz CT molecular complexity index is 1290. The van der Waals surface area contributed by atoms with Crippen molar-refractivity contribution < 1.29 is 24.5 Å². The van der Waals surface area contributed by atoms with Crippen LogP contribution in [0.4, 0.5) is 0 Å². The molecule has 0 aliphatic heterocycles. The van der Waals surface area contributed by atoms with Gasteiger partial charge in [0.05, 0.1) is 30.9 Å². The monoisotopic (exact) mass is 429 g/mol. The molecule has 0 bridgehead atoms. The number of hydrogen-bond donors (Lipinski definition) is 2. The van der Waals surface area contributed by atoms with Crippen LogP contribution >= 0.6 is 0 Å². The van der Waals surface area contributed by atoms with Crippen molar-refractivity contribution in [2.24, 2.45) is 0 Å². The van der Waals surface area contributed by atoms with Crippen molar-refractivity contribution in [3.05, 3.63) is 72.3 Å². The second-order valence-corrected chi connectivity index (χ2v) is 6.78. The Morgan fingerprint density at radius 1 is 0.750 bits per heavy atom. The molecular weight excluding hydrogens is 410 g/mol. The summed E-state index contributed by atoms with van der Waals surface area (Å²) in [4.78, 5) is 25.2. The summed E-state index contributed by atoms with van der Waals surface area (Å²) in [7, 11) is 2.82. The largest absolute Gasteiger partial charge is 0.507 e. The maximum atomic E-state index is 11.7. The van der Waals surface area contributed by atoms with E-state index in [0.29, 0.717) is 33.8 Å². The number of aromatic hydroxyl groups is 2. The van der Waals surface area contributed by atoms with E-state index in [1.54, 1.807) is 54.6 Å². The molecule has 0 amide bonds. The summed E-state index contributed by atoms with van der Waals surface area (Å²) in [6, 6.07) is 18.1. The van der Waals surface area contributed by atoms with Gasteiger partial charge in [-0.3, -0.25) is 0 Å². The van der Waals surface area contributed by atoms with Crippen LogP contribution in [0, 0.1) is 0 Å². The van der Waals surface area contributed by atoms with Crippen molar-refractivity contribution in [2.45, 2.75) is 0 Å². The average molecular weight is 429 g/mol. The van der Waals surface area contributed by atoms with E-state index < -0.39 is 5.97 Å². The zero-order valence-electron chi connectivity index (χ0n) is 17.3. The van der Waals surface area contributed by atoms with Crippen molar-refractivity contribution in [2.75, 3.05) is 14.2 Å². The normalized spacial score (nSPS) is 10.6. The molecule has 1 heterocycles. The van der Waals surface area contributed by atoms with Crippen LogP contribution in [0.2, 0.25) is 0 Å². The van der Waals surface area contributed by atoms with Gasteiger partial charge in [0, 0.05) is 11.6 Å². The predicted molar refractivity (Wildman–Crippen MR) is 117 cm³/mol. The van der Waals surface area contributed by atoms with Gasteiger partial charge in [0.25, 0.3) is 0 Å². The molecule has 0 radical (unpaired) electrons. The Balaban J connectivity index is 1.88. The quantitative estimate of drug-likeness (QED) is 0.456. The highest BCUT2D eigenvalue weighted by Crippen LogP contribution is 2.34. The minimum atomic E-state index is -0.453. The van der Waals surface area contributed by atoms with Gasteiger partial charge in [-0.05, 0) is 36.4 Å². The van der Waals surface area contributed by atoms with E-state index in [4.69, 9.17) is 9.47 Å². The SMILES string of the molecule is COC(=O)c1ccc(-c2nc(-c3ccccc3O)nc(-c3ccc(OC)cc3O)n2)cc1. The minimum absolute atomic E-state index is 0.00981. The molecule has 3 aromatic carbocycles. The molecule has 32 heavy (non-hydrogen) atoms. The number of hydrogen-bond acceptors (Lipinski definition) is 8. The van der Waals surface area contributed by atoms with Gasteiger partial charge in [0.2, 0.25) is 0 Å². The van der Waals surface area contributed by atoms with Crippen LogP contribution in [-0.2, 0) is 4.74 Å². The summed E-state index contributed by atoms with van der Waals surface area (Å²) >= 11 is 0. The fourth-order valence-electron chi connectivity index (χ4n) is 3.11. The molecule has 1 aromatic heterocycles. The van der Waals surface area contributed by atoms with Crippen molar-refractivity contribution in [3.8, 4) is 51.4 Å². The summed E-state index contributed by atoms with van der Waals surface area (Å²) in [5.74, 6) is 0.729. The first-order chi connectivity index (χ1) is 15.5. The number of methoxy groups -OCH3 is 2. The molecule has 0 spiro atoms. The van der Waals surface area contributed by atoms with E-state index in [1.165, 1.54) is 26.4 Å². The summed E-state index contributed by atoms with van der Waals surface area (Å²) in [6.45, 7) is 0. The molecular formula is C24H19N3O5. The van der Waals surface area contributed by atoms with Gasteiger partial charge in [-0.2, -0.15) is 0 Å². The van der Waals surface area contributed by atoms with Crippen molar-refractivity contribution in [3.63, 3.8) is 0 Å². The van der Waals surface area contributed by atoms with Gasteiger partial charge in [0.1, 0.15) is 17.2 Å². The number of benzene rings is 3. The molecule has 0 unspecified atom stereocenters. The lowest BCUT2D eigenvalue weighted by Gasteiger charge is -2.11. The summed E-state index contributed by atoms with van der Waals surface area (Å²) < 4.78 is 9.88. The topological polar surface area (TPSA) is 115 Å². The van der Waals surface area contributed by atoms with Crippen molar-refractivity contribution in [1.82, 2.24) is 15.0 Å². The third-order valence-corrected chi connectivity index (χ3v) is 4.79. The van der Waals surface area contributed by atoms with E-state index >= 15 is 0 Å². The minimum Gasteiger partial charge on any atom is -0.507 e. The lowest BCUT2D eigenvalue weighted by atomic mass is 10.1. The molecule has 8 heteroatoms. The van der Waals surface area contributed by atoms with Gasteiger partial charge in [-0.1, -0.05) is 24.3 Å². The van der Waals surface area contributed by atoms with Crippen LogP contribution in [0.1, 0.15) is 10.4 Å². The second kappa shape index (κ2) is 8.73. The molecule has 8 nitrogen and oxygen atoms in total. The van der Waals surface area contributed by atoms with Gasteiger partial charge < -0.3 is 19.7 Å². The molecule has 0 atom stereocenters. The van der Waals surface area contributed by atoms with E-state index in [9.17, 15) is 15.0 Å². The molecule has 0 fully saturated rings. The van der Waals surface area contributed by atoms with E-state index in [-0.39, 0.29) is 23.1 Å². The van der Waals surface area contributed by atoms with Gasteiger partial charge in [-0.15, -0.1) is 0 Å². The molecule has 0 saturated heterocycles. The number of para-hydroxylation sites is 1. The molecule has 2 N–H and O–H groups in total. The third kappa shape index (κ3) is 4.06. The third-order valence-electron chi connectivity index (χ3n) is 4.79. The number of aromatic nitrogens is 3. The predicted octanol–water partition coefficient (Wildman–Crippen LogP) is 4.08. The Kier molecular flexibility index (Phi) is 5.67. The summed E-state index contributed by atoms with van der Waals surface area (Å²) in [5, 5.41) is 20.8. The lowest BCUT2D eigenvalue weighted by molar-refractivity contribution is 0.0600. The van der Waals surface area contributed by atoms with Crippen LogP contribution in [0.5, 0.6) is 17.2 Å². The van der Waals surface area contributed by atoms with E-state index in [0.717, 1.165) is 0 Å². The summed E-state index contributed by atoms with van der Waals surface area (Å²) in [6.07, 6.45) is 0. The standard InChI is InChI=1S/C24H19N3O5/c1-31-16-11-12-18(20(29)13-16)23-26-21(14-7-9-15(10-8-14)24(30)32-2)25-22(27-23)17-5-3-4-6-19(17)28/h3-13,28-29H,1-2H3. The highest BCUT2D eigenvalue weighted by Gasteiger charge is 2.17. The lowest BCUT2D eigenvalue weighted by Crippen LogP contribution is -2.02. The van der Waals surface area contributed by atoms with Crippen LogP contribution in [0.15, 0.2) is 66.7 Å². The van der Waals surface area contributed by atoms with Crippen LogP contribution in [0.3, 0.4) is 0 Å². The highest BCUT2D eigenvalue weighted by molar-refractivity contribution is 5.89. The Hall–Kier alpha value is -4.46. The number of phenolic OH excluding ortho intramolecular Hbond substituents is 2. The molecule has 160 valence electrons. The van der Waals surface area contributed by atoms with Gasteiger partial charge in [0.15, 0.2) is 17.5 Å². The highest BCUT2D eigenvalue weighted by atomic mass is 16.5. The fourth-order valence-corrected chi connectivity index (χ4v) is 3.11. The molecule has 0 aliphatic rings. The maximum absolute atomic E-state index is 11.7. The van der Waals surface area contributed by atoms with Crippen molar-refractivity contribution in [1.29, 1.82) is 0 Å². The molecule has 0 saturated carbocycles. The number of nitrogens with zero attached hydrogens (tertiary/aromatic N) is 3. The number of rotatable bonds is 5. The number of carbonyl (C=O) groups excluding carboxylic acids is 1. The van der Waals surface area contributed by atoms with Crippen LogP contribution in [0.25, 0.3) is 34.2 Å². The smallest absolute Gasteiger partial charge is 0.337 e. The number of phenols is 2. The Morgan fingerprint density at radius 2 is 1.38 bits per heavy atom. The first-order valence-electron chi connectivity index (χ1n) is 9.60. The first kappa shape index (κ1) is 20.8. The second-order valence-electron chi connectivity index (χ2n) is 6.78. The molecule has 0 aliphatic carbocycles. The number of esters is 1. The maximum Gasteiger partial charge on any atom is 0.337 e. The zero-order valence-corrected chi connectivity index (χ0v) is 17.3. The van der Waals surface area contributed by atoms with Crippen LogP contribution in [-0.4, -0.2) is 45.4 Å². The first-order valence-corrected chi connectivity index (χ1v) is 9.60. The Morgan fingerprint density at radius 3 is 1.97 bits per heavy atom. The number of carbonyl (C=O) groups is 1. The summed E-state index contributed by atoms with van der Waals surface area (Å²) in [5.41, 5.74) is 1.79. The Labute approximate surface area is 183 Å². The van der Waals surface area contributed by atoms with Crippen molar-refractivity contribution >= 4 is 5.97 Å². The zero-order chi connectivity index (χ0) is 22.7. The van der Waals surface area contributed by atoms with Gasteiger partial charge >= 0.3 is 5.97 Å². The van der Waals surface area contributed by atoms with Crippen LogP contribution < -0.4 is 4.74 Å². The van der Waals surface area contributed by atoms with Gasteiger partial charge in [-0.25, -0.2) is 19.7 Å². The average Bonchev–Trinajstić information content (AvgIpc) is 2.83. The molecule has 4 rings (SSSR count). The molecule has 4 aromatic rings.